The quantitative estimate of drug-likeness (QED) is 0.405. The van der Waals surface area contributed by atoms with Crippen molar-refractivity contribution in [2.45, 2.75) is 71.1 Å². The van der Waals surface area contributed by atoms with Gasteiger partial charge in [0.05, 0.1) is 5.69 Å². The first kappa shape index (κ1) is 22.1. The van der Waals surface area contributed by atoms with Crippen LogP contribution in [-0.2, 0) is 9.59 Å². The van der Waals surface area contributed by atoms with E-state index in [0.29, 0.717) is 12.6 Å². The van der Waals surface area contributed by atoms with Gasteiger partial charge in [0, 0.05) is 12.6 Å². The molecule has 1 aromatic rings. The molecule has 0 saturated heterocycles. The summed E-state index contributed by atoms with van der Waals surface area (Å²) in [5.74, 6) is -3.43. The summed E-state index contributed by atoms with van der Waals surface area (Å²) in [5.41, 5.74) is -0.217. The fourth-order valence-electron chi connectivity index (χ4n) is 2.66. The molecular formula is C20H30F2N2O2. The van der Waals surface area contributed by atoms with Crippen LogP contribution in [0.4, 0.5) is 14.5 Å². The molecule has 0 unspecified atom stereocenters. The van der Waals surface area contributed by atoms with Gasteiger partial charge in [-0.3, -0.25) is 9.59 Å². The average molecular weight is 368 g/mol. The zero-order valence-electron chi connectivity index (χ0n) is 15.6. The van der Waals surface area contributed by atoms with Gasteiger partial charge >= 0.3 is 11.8 Å². The van der Waals surface area contributed by atoms with Gasteiger partial charge < -0.3 is 10.6 Å². The highest BCUT2D eigenvalue weighted by molar-refractivity contribution is 6.39. The molecule has 6 heteroatoms. The van der Waals surface area contributed by atoms with E-state index in [4.69, 9.17) is 0 Å². The third kappa shape index (κ3) is 9.49. The average Bonchev–Trinajstić information content (AvgIpc) is 2.61. The van der Waals surface area contributed by atoms with Crippen LogP contribution in [-0.4, -0.2) is 18.4 Å². The molecule has 26 heavy (non-hydrogen) atoms. The Balaban J connectivity index is 2.06. The number of nitrogens with one attached hydrogen (secondary N) is 2. The summed E-state index contributed by atoms with van der Waals surface area (Å²) in [6, 6.07) is 2.75. The van der Waals surface area contributed by atoms with Gasteiger partial charge in [-0.25, -0.2) is 8.78 Å². The van der Waals surface area contributed by atoms with Gasteiger partial charge in [0.2, 0.25) is 0 Å². The number of amides is 2. The maximum atomic E-state index is 13.4. The van der Waals surface area contributed by atoms with Gasteiger partial charge in [-0.2, -0.15) is 0 Å². The minimum Gasteiger partial charge on any atom is -0.348 e. The van der Waals surface area contributed by atoms with E-state index in [2.05, 4.69) is 17.6 Å². The van der Waals surface area contributed by atoms with Crippen LogP contribution in [0.25, 0.3) is 0 Å². The van der Waals surface area contributed by atoms with E-state index in [0.717, 1.165) is 31.4 Å². The third-order valence-corrected chi connectivity index (χ3v) is 4.20. The molecule has 0 saturated carbocycles. The fourth-order valence-corrected chi connectivity index (χ4v) is 2.66. The van der Waals surface area contributed by atoms with Crippen LogP contribution in [0, 0.1) is 11.6 Å². The number of unbranched alkanes of at least 4 members (excludes halogenated alkanes) is 9. The molecule has 0 aliphatic rings. The highest BCUT2D eigenvalue weighted by Crippen LogP contribution is 2.14. The highest BCUT2D eigenvalue weighted by atomic mass is 19.1. The third-order valence-electron chi connectivity index (χ3n) is 4.20. The molecule has 0 spiro atoms. The zero-order chi connectivity index (χ0) is 19.2. The number of carbonyl (C=O) groups is 2. The lowest BCUT2D eigenvalue weighted by Crippen LogP contribution is -2.36. The minimum atomic E-state index is -0.956. The molecule has 0 heterocycles. The summed E-state index contributed by atoms with van der Waals surface area (Å²) in [4.78, 5) is 23.3. The first-order valence-corrected chi connectivity index (χ1v) is 9.58. The molecule has 146 valence electrons. The number of hydrogen-bond donors (Lipinski definition) is 2. The molecule has 2 N–H and O–H groups in total. The standard InChI is InChI=1S/C20H30F2N2O2/c1-2-3-4-5-6-7-8-9-10-11-14-23-19(25)20(26)24-18-13-12-16(21)15-17(18)22/h12-13,15H,2-11,14H2,1H3,(H,23,25)(H,24,26). The SMILES string of the molecule is CCCCCCCCCCCCNC(=O)C(=O)Nc1ccc(F)cc1F. The van der Waals surface area contributed by atoms with Gasteiger partial charge in [-0.1, -0.05) is 64.7 Å². The van der Waals surface area contributed by atoms with E-state index in [9.17, 15) is 18.4 Å². The Bertz CT molecular complexity index is 565. The van der Waals surface area contributed by atoms with Crippen LogP contribution < -0.4 is 10.6 Å². The zero-order valence-corrected chi connectivity index (χ0v) is 15.6. The maximum absolute atomic E-state index is 13.4. The topological polar surface area (TPSA) is 58.2 Å². The number of carbonyl (C=O) groups excluding carboxylic acids is 2. The molecule has 2 amide bonds. The smallest absolute Gasteiger partial charge is 0.313 e. The second kappa shape index (κ2) is 13.3. The summed E-state index contributed by atoms with van der Waals surface area (Å²) in [5, 5.41) is 4.65. The molecule has 0 aromatic heterocycles. The van der Waals surface area contributed by atoms with Crippen LogP contribution in [0.1, 0.15) is 71.1 Å². The number of hydrogen-bond acceptors (Lipinski definition) is 2. The van der Waals surface area contributed by atoms with Crippen molar-refractivity contribution in [3.05, 3.63) is 29.8 Å². The van der Waals surface area contributed by atoms with E-state index >= 15 is 0 Å². The van der Waals surface area contributed by atoms with Crippen molar-refractivity contribution in [3.63, 3.8) is 0 Å². The van der Waals surface area contributed by atoms with Crippen molar-refractivity contribution >= 4 is 17.5 Å². The van der Waals surface area contributed by atoms with Gasteiger partial charge in [0.15, 0.2) is 0 Å². The first-order chi connectivity index (χ1) is 12.5. The molecule has 0 aliphatic carbocycles. The van der Waals surface area contributed by atoms with E-state index < -0.39 is 23.4 Å². The Labute approximate surface area is 154 Å². The molecule has 0 bridgehead atoms. The lowest BCUT2D eigenvalue weighted by atomic mass is 10.1. The van der Waals surface area contributed by atoms with E-state index in [1.807, 2.05) is 0 Å². The van der Waals surface area contributed by atoms with Crippen molar-refractivity contribution in [3.8, 4) is 0 Å². The number of halogens is 2. The summed E-state index contributed by atoms with van der Waals surface area (Å²) < 4.78 is 26.2. The number of anilines is 1. The minimum absolute atomic E-state index is 0.217. The largest absolute Gasteiger partial charge is 0.348 e. The molecule has 0 atom stereocenters. The Morgan fingerprint density at radius 3 is 2.00 bits per heavy atom. The lowest BCUT2D eigenvalue weighted by Gasteiger charge is -2.07. The van der Waals surface area contributed by atoms with Crippen LogP contribution in [0.2, 0.25) is 0 Å². The fraction of sp³-hybridized carbons (Fsp3) is 0.600. The molecule has 1 rings (SSSR count). The number of rotatable bonds is 12. The van der Waals surface area contributed by atoms with Gasteiger partial charge in [-0.15, -0.1) is 0 Å². The Morgan fingerprint density at radius 1 is 0.846 bits per heavy atom. The first-order valence-electron chi connectivity index (χ1n) is 9.58. The van der Waals surface area contributed by atoms with Gasteiger partial charge in [0.1, 0.15) is 11.6 Å². The second-order valence-corrected chi connectivity index (χ2v) is 6.52. The molecule has 0 fully saturated rings. The predicted molar refractivity (Wildman–Crippen MR) is 99.8 cm³/mol. The van der Waals surface area contributed by atoms with Crippen molar-refractivity contribution in [2.24, 2.45) is 0 Å². The van der Waals surface area contributed by atoms with Crippen LogP contribution in [0.3, 0.4) is 0 Å². The molecule has 0 aliphatic heterocycles. The van der Waals surface area contributed by atoms with Gasteiger partial charge in [-0.05, 0) is 18.6 Å². The molecule has 1 aromatic carbocycles. The van der Waals surface area contributed by atoms with E-state index in [1.54, 1.807) is 0 Å². The van der Waals surface area contributed by atoms with Gasteiger partial charge in [0.25, 0.3) is 0 Å². The lowest BCUT2D eigenvalue weighted by molar-refractivity contribution is -0.136. The summed E-state index contributed by atoms with van der Waals surface area (Å²) in [7, 11) is 0. The Kier molecular flexibility index (Phi) is 11.2. The predicted octanol–water partition coefficient (Wildman–Crippen LogP) is 4.94. The van der Waals surface area contributed by atoms with Crippen LogP contribution in [0.5, 0.6) is 0 Å². The summed E-state index contributed by atoms with van der Waals surface area (Å²) >= 11 is 0. The summed E-state index contributed by atoms with van der Waals surface area (Å²) in [6.07, 6.45) is 11.9. The Morgan fingerprint density at radius 2 is 1.42 bits per heavy atom. The van der Waals surface area contributed by atoms with E-state index in [-0.39, 0.29) is 5.69 Å². The van der Waals surface area contributed by atoms with Crippen LogP contribution in [0.15, 0.2) is 18.2 Å². The second-order valence-electron chi connectivity index (χ2n) is 6.52. The summed E-state index contributed by atoms with van der Waals surface area (Å²) in [6.45, 7) is 2.62. The molecular weight excluding hydrogens is 338 g/mol. The van der Waals surface area contributed by atoms with Crippen molar-refractivity contribution < 1.29 is 18.4 Å². The van der Waals surface area contributed by atoms with Crippen LogP contribution >= 0.6 is 0 Å². The number of benzene rings is 1. The van der Waals surface area contributed by atoms with Crippen molar-refractivity contribution in [1.82, 2.24) is 5.32 Å². The highest BCUT2D eigenvalue weighted by Gasteiger charge is 2.15. The van der Waals surface area contributed by atoms with E-state index in [1.165, 1.54) is 44.9 Å². The molecule has 0 radical (unpaired) electrons. The monoisotopic (exact) mass is 368 g/mol. The van der Waals surface area contributed by atoms with Crippen molar-refractivity contribution in [2.75, 3.05) is 11.9 Å². The Hall–Kier alpha value is -1.98. The maximum Gasteiger partial charge on any atom is 0.313 e. The van der Waals surface area contributed by atoms with Crippen molar-refractivity contribution in [1.29, 1.82) is 0 Å². The normalized spacial score (nSPS) is 10.6. The molecule has 4 nitrogen and oxygen atoms in total.